The molecular weight excluding hydrogens is 239 g/mol. The van der Waals surface area contributed by atoms with E-state index in [0.717, 1.165) is 0 Å². The number of hydrogen-bond acceptors (Lipinski definition) is 3. The van der Waals surface area contributed by atoms with E-state index in [0.29, 0.717) is 0 Å². The number of aliphatic hydroxyl groups excluding tert-OH is 1. The van der Waals surface area contributed by atoms with Gasteiger partial charge in [0.2, 0.25) is 0 Å². The number of benzene rings is 1. The van der Waals surface area contributed by atoms with Gasteiger partial charge in [0, 0.05) is 17.8 Å². The zero-order chi connectivity index (χ0) is 13.7. The Hall–Kier alpha value is -1.95. The smallest absolute Gasteiger partial charge is 0.313 e. The summed E-state index contributed by atoms with van der Waals surface area (Å²) in [5.41, 5.74) is 0.501. The van der Waals surface area contributed by atoms with Gasteiger partial charge in [0.25, 0.3) is 0 Å². The molecule has 2 amide bonds. The van der Waals surface area contributed by atoms with Crippen molar-refractivity contribution in [2.45, 2.75) is 20.0 Å². The van der Waals surface area contributed by atoms with Crippen molar-refractivity contribution in [3.8, 4) is 0 Å². The molecule has 0 aliphatic rings. The lowest BCUT2D eigenvalue weighted by Gasteiger charge is -2.09. The van der Waals surface area contributed by atoms with Crippen molar-refractivity contribution >= 4 is 17.5 Å². The summed E-state index contributed by atoms with van der Waals surface area (Å²) in [5.74, 6) is -2.24. The number of anilines is 1. The quantitative estimate of drug-likeness (QED) is 0.690. The van der Waals surface area contributed by atoms with E-state index in [1.54, 1.807) is 0 Å². The van der Waals surface area contributed by atoms with Crippen LogP contribution in [0, 0.1) is 12.7 Å². The van der Waals surface area contributed by atoms with Crippen molar-refractivity contribution in [1.29, 1.82) is 0 Å². The van der Waals surface area contributed by atoms with Gasteiger partial charge in [-0.15, -0.1) is 0 Å². The minimum atomic E-state index is -0.899. The van der Waals surface area contributed by atoms with Crippen LogP contribution in [0.2, 0.25) is 0 Å². The molecule has 0 saturated heterocycles. The monoisotopic (exact) mass is 254 g/mol. The minimum Gasteiger partial charge on any atom is -0.392 e. The molecule has 5 nitrogen and oxygen atoms in total. The van der Waals surface area contributed by atoms with Gasteiger partial charge in [0.1, 0.15) is 5.82 Å². The molecule has 3 N–H and O–H groups in total. The Labute approximate surface area is 104 Å². The fourth-order valence-electron chi connectivity index (χ4n) is 1.24. The van der Waals surface area contributed by atoms with E-state index >= 15 is 0 Å². The fourth-order valence-corrected chi connectivity index (χ4v) is 1.24. The number of carbonyl (C=O) groups excluding carboxylic acids is 2. The first-order valence-electron chi connectivity index (χ1n) is 5.44. The second kappa shape index (κ2) is 6.11. The van der Waals surface area contributed by atoms with E-state index in [-0.39, 0.29) is 17.8 Å². The summed E-state index contributed by atoms with van der Waals surface area (Å²) in [4.78, 5) is 22.8. The molecule has 1 rings (SSSR count). The van der Waals surface area contributed by atoms with Crippen molar-refractivity contribution in [1.82, 2.24) is 5.32 Å². The molecule has 1 atom stereocenters. The molecule has 98 valence electrons. The Morgan fingerprint density at radius 3 is 2.67 bits per heavy atom. The molecule has 1 aromatic rings. The third kappa shape index (κ3) is 3.81. The van der Waals surface area contributed by atoms with Crippen LogP contribution < -0.4 is 10.6 Å². The average Bonchev–Trinajstić information content (AvgIpc) is 2.31. The number of rotatable bonds is 3. The van der Waals surface area contributed by atoms with Gasteiger partial charge in [0.05, 0.1) is 6.10 Å². The summed E-state index contributed by atoms with van der Waals surface area (Å²) in [6.45, 7) is 2.96. The van der Waals surface area contributed by atoms with Crippen molar-refractivity contribution in [3.05, 3.63) is 29.6 Å². The van der Waals surface area contributed by atoms with Crippen LogP contribution in [0.3, 0.4) is 0 Å². The van der Waals surface area contributed by atoms with Crippen LogP contribution in [-0.4, -0.2) is 29.6 Å². The maximum atomic E-state index is 13.2. The summed E-state index contributed by atoms with van der Waals surface area (Å²) in [6.07, 6.45) is -0.738. The number of aliphatic hydroxyl groups is 1. The largest absolute Gasteiger partial charge is 0.392 e. The van der Waals surface area contributed by atoms with Crippen molar-refractivity contribution < 1.29 is 19.1 Å². The molecule has 1 aromatic carbocycles. The van der Waals surface area contributed by atoms with Gasteiger partial charge in [-0.25, -0.2) is 4.39 Å². The molecule has 1 unspecified atom stereocenters. The molecule has 0 bridgehead atoms. The topological polar surface area (TPSA) is 78.4 Å². The summed E-state index contributed by atoms with van der Waals surface area (Å²) in [6, 6.07) is 4.20. The molecule has 0 aliphatic carbocycles. The summed E-state index contributed by atoms with van der Waals surface area (Å²) < 4.78 is 13.2. The van der Waals surface area contributed by atoms with Gasteiger partial charge in [-0.3, -0.25) is 9.59 Å². The van der Waals surface area contributed by atoms with Gasteiger partial charge in [-0.05, 0) is 26.0 Å². The molecule has 0 saturated carbocycles. The highest BCUT2D eigenvalue weighted by Crippen LogP contribution is 2.16. The zero-order valence-corrected chi connectivity index (χ0v) is 10.2. The maximum Gasteiger partial charge on any atom is 0.313 e. The van der Waals surface area contributed by atoms with Gasteiger partial charge in [-0.1, -0.05) is 6.07 Å². The van der Waals surface area contributed by atoms with Crippen LogP contribution in [0.4, 0.5) is 10.1 Å². The van der Waals surface area contributed by atoms with Crippen LogP contribution in [0.15, 0.2) is 18.2 Å². The Balaban J connectivity index is 2.64. The van der Waals surface area contributed by atoms with E-state index < -0.39 is 23.7 Å². The van der Waals surface area contributed by atoms with Gasteiger partial charge in [-0.2, -0.15) is 0 Å². The Morgan fingerprint density at radius 1 is 1.39 bits per heavy atom. The number of amides is 2. The molecule has 0 fully saturated rings. The van der Waals surface area contributed by atoms with E-state index in [4.69, 9.17) is 5.11 Å². The first-order valence-corrected chi connectivity index (χ1v) is 5.44. The molecule has 0 aliphatic heterocycles. The van der Waals surface area contributed by atoms with E-state index in [1.807, 2.05) is 0 Å². The van der Waals surface area contributed by atoms with Crippen LogP contribution in [0.1, 0.15) is 12.5 Å². The SMILES string of the molecule is Cc1c(F)cccc1NC(=O)C(=O)NCC(C)O. The Kier molecular flexibility index (Phi) is 4.79. The van der Waals surface area contributed by atoms with Gasteiger partial charge < -0.3 is 15.7 Å². The van der Waals surface area contributed by atoms with Crippen LogP contribution in [0.25, 0.3) is 0 Å². The second-order valence-corrected chi connectivity index (χ2v) is 3.93. The lowest BCUT2D eigenvalue weighted by molar-refractivity contribution is -0.136. The fraction of sp³-hybridized carbons (Fsp3) is 0.333. The third-order valence-corrected chi connectivity index (χ3v) is 2.28. The van der Waals surface area contributed by atoms with E-state index in [9.17, 15) is 14.0 Å². The highest BCUT2D eigenvalue weighted by molar-refractivity contribution is 6.39. The van der Waals surface area contributed by atoms with Crippen molar-refractivity contribution in [3.63, 3.8) is 0 Å². The van der Waals surface area contributed by atoms with Gasteiger partial charge in [0.15, 0.2) is 0 Å². The predicted molar refractivity (Wildman–Crippen MR) is 64.5 cm³/mol. The molecular formula is C12H15FN2O3. The average molecular weight is 254 g/mol. The molecule has 0 spiro atoms. The summed E-state index contributed by atoms with van der Waals surface area (Å²) in [5, 5.41) is 13.5. The third-order valence-electron chi connectivity index (χ3n) is 2.28. The number of nitrogens with one attached hydrogen (secondary N) is 2. The standard InChI is InChI=1S/C12H15FN2O3/c1-7(16)6-14-11(17)12(18)15-10-5-3-4-9(13)8(10)2/h3-5,7,16H,6H2,1-2H3,(H,14,17)(H,15,18). The minimum absolute atomic E-state index is 0.0195. The van der Waals surface area contributed by atoms with E-state index in [1.165, 1.54) is 32.0 Å². The Morgan fingerprint density at radius 2 is 2.06 bits per heavy atom. The molecule has 18 heavy (non-hydrogen) atoms. The number of halogens is 1. The highest BCUT2D eigenvalue weighted by Gasteiger charge is 2.15. The lowest BCUT2D eigenvalue weighted by Crippen LogP contribution is -2.38. The lowest BCUT2D eigenvalue weighted by atomic mass is 10.2. The van der Waals surface area contributed by atoms with E-state index in [2.05, 4.69) is 10.6 Å². The Bertz CT molecular complexity index is 461. The molecule has 0 aromatic heterocycles. The first kappa shape index (κ1) is 14.1. The number of carbonyl (C=O) groups is 2. The van der Waals surface area contributed by atoms with Crippen molar-refractivity contribution in [2.75, 3.05) is 11.9 Å². The molecule has 0 radical (unpaired) electrons. The summed E-state index contributed by atoms with van der Waals surface area (Å²) in [7, 11) is 0. The molecule has 6 heteroatoms. The van der Waals surface area contributed by atoms with Gasteiger partial charge >= 0.3 is 11.8 Å². The van der Waals surface area contributed by atoms with Crippen LogP contribution in [0.5, 0.6) is 0 Å². The summed E-state index contributed by atoms with van der Waals surface area (Å²) >= 11 is 0. The molecule has 0 heterocycles. The zero-order valence-electron chi connectivity index (χ0n) is 10.2. The first-order chi connectivity index (χ1) is 8.41. The number of hydrogen-bond donors (Lipinski definition) is 3. The van der Waals surface area contributed by atoms with Crippen molar-refractivity contribution in [2.24, 2.45) is 0 Å². The normalized spacial score (nSPS) is 11.8. The highest BCUT2D eigenvalue weighted by atomic mass is 19.1. The predicted octanol–water partition coefficient (Wildman–Crippen LogP) is 0.570. The van der Waals surface area contributed by atoms with Crippen LogP contribution >= 0.6 is 0 Å². The van der Waals surface area contributed by atoms with Crippen LogP contribution in [-0.2, 0) is 9.59 Å². The maximum absolute atomic E-state index is 13.2. The second-order valence-electron chi connectivity index (χ2n) is 3.93.